The van der Waals surface area contributed by atoms with E-state index in [1.165, 1.54) is 0 Å². The summed E-state index contributed by atoms with van der Waals surface area (Å²) in [6, 6.07) is 14.5. The molecule has 0 unspecified atom stereocenters. The van der Waals surface area contributed by atoms with Crippen molar-refractivity contribution < 1.29 is 9.53 Å². The predicted octanol–water partition coefficient (Wildman–Crippen LogP) is 2.43. The first-order chi connectivity index (χ1) is 14.7. The van der Waals surface area contributed by atoms with Crippen LogP contribution in [0.3, 0.4) is 0 Å². The number of aromatic nitrogens is 2. The number of rotatable bonds is 6. The quantitative estimate of drug-likeness (QED) is 0.545. The standard InChI is InChI=1S/C22H25N5O3/c28-21-19-8-2-1-7-18(19)20(25-26-21)16-5-3-6-17(15-16)24-22(29)23-9-4-10-27-11-13-30-14-12-27/h1-3,5-8,15H,4,9-14H2,(H,26,28)(H2,23,24,29). The summed E-state index contributed by atoms with van der Waals surface area (Å²) in [5, 5.41) is 13.9. The van der Waals surface area contributed by atoms with E-state index in [-0.39, 0.29) is 11.6 Å². The predicted molar refractivity (Wildman–Crippen MR) is 117 cm³/mol. The molecular weight excluding hydrogens is 382 g/mol. The van der Waals surface area contributed by atoms with E-state index in [0.717, 1.165) is 50.2 Å². The average Bonchev–Trinajstić information content (AvgIpc) is 2.78. The molecule has 2 aromatic carbocycles. The Morgan fingerprint density at radius 1 is 1.10 bits per heavy atom. The highest BCUT2D eigenvalue weighted by Gasteiger charge is 2.11. The van der Waals surface area contributed by atoms with Crippen molar-refractivity contribution in [1.82, 2.24) is 20.4 Å². The molecule has 0 saturated carbocycles. The summed E-state index contributed by atoms with van der Waals surface area (Å²) in [5.74, 6) is 0. The van der Waals surface area contributed by atoms with Crippen LogP contribution >= 0.6 is 0 Å². The molecule has 8 nitrogen and oxygen atoms in total. The van der Waals surface area contributed by atoms with Gasteiger partial charge in [0, 0.05) is 36.3 Å². The third-order valence-electron chi connectivity index (χ3n) is 5.13. The van der Waals surface area contributed by atoms with Crippen molar-refractivity contribution in [3.63, 3.8) is 0 Å². The van der Waals surface area contributed by atoms with Gasteiger partial charge in [-0.3, -0.25) is 9.69 Å². The summed E-state index contributed by atoms with van der Waals surface area (Å²) < 4.78 is 5.34. The van der Waals surface area contributed by atoms with Crippen LogP contribution in [0.15, 0.2) is 53.3 Å². The molecule has 4 rings (SSSR count). The summed E-state index contributed by atoms with van der Waals surface area (Å²) in [6.45, 7) is 5.02. The number of ether oxygens (including phenoxy) is 1. The molecule has 1 aliphatic rings. The molecule has 0 atom stereocenters. The van der Waals surface area contributed by atoms with Gasteiger partial charge >= 0.3 is 6.03 Å². The fourth-order valence-electron chi connectivity index (χ4n) is 3.58. The molecule has 0 radical (unpaired) electrons. The van der Waals surface area contributed by atoms with Crippen LogP contribution in [0.5, 0.6) is 0 Å². The van der Waals surface area contributed by atoms with Crippen molar-refractivity contribution in [3.8, 4) is 11.3 Å². The SMILES string of the molecule is O=C(NCCCN1CCOCC1)Nc1cccc(-c2n[nH]c(=O)c3ccccc23)c1. The number of H-pyrrole nitrogens is 1. The molecule has 156 valence electrons. The van der Waals surface area contributed by atoms with Gasteiger partial charge in [0.1, 0.15) is 0 Å². The number of urea groups is 1. The normalized spacial score (nSPS) is 14.5. The molecule has 1 fully saturated rings. The fraction of sp³-hybridized carbons (Fsp3) is 0.318. The second-order valence-electron chi connectivity index (χ2n) is 7.22. The lowest BCUT2D eigenvalue weighted by molar-refractivity contribution is 0.0375. The maximum Gasteiger partial charge on any atom is 0.319 e. The van der Waals surface area contributed by atoms with Crippen molar-refractivity contribution in [2.45, 2.75) is 6.42 Å². The van der Waals surface area contributed by atoms with E-state index in [4.69, 9.17) is 4.74 Å². The van der Waals surface area contributed by atoms with Crippen molar-refractivity contribution in [2.75, 3.05) is 44.7 Å². The van der Waals surface area contributed by atoms with Gasteiger partial charge in [0.2, 0.25) is 0 Å². The number of amides is 2. The number of hydrogen-bond acceptors (Lipinski definition) is 5. The van der Waals surface area contributed by atoms with Crippen LogP contribution in [0.1, 0.15) is 6.42 Å². The highest BCUT2D eigenvalue weighted by Crippen LogP contribution is 2.26. The number of carbonyl (C=O) groups is 1. The van der Waals surface area contributed by atoms with E-state index in [2.05, 4.69) is 25.7 Å². The summed E-state index contributed by atoms with van der Waals surface area (Å²) in [7, 11) is 0. The molecule has 30 heavy (non-hydrogen) atoms. The van der Waals surface area contributed by atoms with Gasteiger partial charge in [-0.15, -0.1) is 0 Å². The third kappa shape index (κ3) is 4.84. The third-order valence-corrected chi connectivity index (χ3v) is 5.13. The largest absolute Gasteiger partial charge is 0.379 e. The molecule has 0 bridgehead atoms. The molecule has 3 N–H and O–H groups in total. The smallest absolute Gasteiger partial charge is 0.319 e. The van der Waals surface area contributed by atoms with Crippen molar-refractivity contribution in [2.24, 2.45) is 0 Å². The van der Waals surface area contributed by atoms with Crippen molar-refractivity contribution in [3.05, 3.63) is 58.9 Å². The minimum atomic E-state index is -0.242. The van der Waals surface area contributed by atoms with Crippen molar-refractivity contribution >= 4 is 22.5 Å². The Kier molecular flexibility index (Phi) is 6.36. The molecule has 0 aliphatic carbocycles. The van der Waals surface area contributed by atoms with E-state index in [1.54, 1.807) is 6.07 Å². The highest BCUT2D eigenvalue weighted by molar-refractivity contribution is 5.95. The molecule has 1 saturated heterocycles. The highest BCUT2D eigenvalue weighted by atomic mass is 16.5. The molecule has 8 heteroatoms. The van der Waals surface area contributed by atoms with Gasteiger partial charge in [-0.25, -0.2) is 9.89 Å². The molecule has 0 spiro atoms. The van der Waals surface area contributed by atoms with Gasteiger partial charge in [-0.2, -0.15) is 5.10 Å². The maximum absolute atomic E-state index is 12.2. The van der Waals surface area contributed by atoms with Gasteiger partial charge in [-0.1, -0.05) is 30.3 Å². The number of morpholine rings is 1. The van der Waals surface area contributed by atoms with Gasteiger partial charge < -0.3 is 15.4 Å². The van der Waals surface area contributed by atoms with Gasteiger partial charge in [0.25, 0.3) is 5.56 Å². The molecule has 2 amide bonds. The second kappa shape index (κ2) is 9.51. The summed E-state index contributed by atoms with van der Waals surface area (Å²) >= 11 is 0. The van der Waals surface area contributed by atoms with Crippen LogP contribution in [0, 0.1) is 0 Å². The van der Waals surface area contributed by atoms with Crippen LogP contribution in [0.4, 0.5) is 10.5 Å². The van der Waals surface area contributed by atoms with Gasteiger partial charge in [0.15, 0.2) is 0 Å². The van der Waals surface area contributed by atoms with E-state index in [9.17, 15) is 9.59 Å². The van der Waals surface area contributed by atoms with E-state index >= 15 is 0 Å². The Hall–Kier alpha value is -3.23. The van der Waals surface area contributed by atoms with E-state index in [0.29, 0.717) is 23.3 Å². The summed E-state index contributed by atoms with van der Waals surface area (Å²) in [6.07, 6.45) is 0.890. The monoisotopic (exact) mass is 407 g/mol. The Labute approximate surface area is 174 Å². The number of nitrogens with zero attached hydrogens (tertiary/aromatic N) is 2. The zero-order chi connectivity index (χ0) is 20.8. The number of fused-ring (bicyclic) bond motifs is 1. The van der Waals surface area contributed by atoms with Crippen molar-refractivity contribution in [1.29, 1.82) is 0 Å². The summed E-state index contributed by atoms with van der Waals surface area (Å²) in [4.78, 5) is 26.6. The van der Waals surface area contributed by atoms with Crippen LogP contribution < -0.4 is 16.2 Å². The fourth-order valence-corrected chi connectivity index (χ4v) is 3.58. The van der Waals surface area contributed by atoms with Gasteiger partial charge in [0.05, 0.1) is 24.3 Å². The van der Waals surface area contributed by atoms with Gasteiger partial charge in [-0.05, 0) is 31.2 Å². The second-order valence-corrected chi connectivity index (χ2v) is 7.22. The van der Waals surface area contributed by atoms with Crippen LogP contribution in [0.2, 0.25) is 0 Å². The lowest BCUT2D eigenvalue weighted by Crippen LogP contribution is -2.38. The molecule has 1 aromatic heterocycles. The van der Waals surface area contributed by atoms with Crippen LogP contribution in [-0.4, -0.2) is 60.5 Å². The van der Waals surface area contributed by atoms with E-state index < -0.39 is 0 Å². The number of aromatic amines is 1. The van der Waals surface area contributed by atoms with E-state index in [1.807, 2.05) is 42.5 Å². The zero-order valence-corrected chi connectivity index (χ0v) is 16.7. The Morgan fingerprint density at radius 3 is 2.73 bits per heavy atom. The molecule has 1 aliphatic heterocycles. The first kappa shape index (κ1) is 20.1. The molecule has 2 heterocycles. The van der Waals surface area contributed by atoms with Crippen LogP contribution in [0.25, 0.3) is 22.0 Å². The lowest BCUT2D eigenvalue weighted by atomic mass is 10.0. The molecular formula is C22H25N5O3. The Bertz CT molecular complexity index is 1080. The number of anilines is 1. The Morgan fingerprint density at radius 2 is 1.90 bits per heavy atom. The first-order valence-electron chi connectivity index (χ1n) is 10.1. The summed E-state index contributed by atoms with van der Waals surface area (Å²) in [5.41, 5.74) is 1.92. The van der Waals surface area contributed by atoms with Crippen LogP contribution in [-0.2, 0) is 4.74 Å². The number of carbonyl (C=O) groups excluding carboxylic acids is 1. The first-order valence-corrected chi connectivity index (χ1v) is 10.1. The minimum absolute atomic E-state index is 0.222. The Balaban J connectivity index is 1.37. The number of nitrogens with one attached hydrogen (secondary N) is 3. The average molecular weight is 407 g/mol. The topological polar surface area (TPSA) is 99.3 Å². The lowest BCUT2D eigenvalue weighted by Gasteiger charge is -2.26. The maximum atomic E-state index is 12.2. The molecule has 3 aromatic rings. The zero-order valence-electron chi connectivity index (χ0n) is 16.7. The number of hydrogen-bond donors (Lipinski definition) is 3. The number of benzene rings is 2. The minimum Gasteiger partial charge on any atom is -0.379 e.